The van der Waals surface area contributed by atoms with Crippen LogP contribution in [0.15, 0.2) is 18.2 Å². The zero-order valence-corrected chi connectivity index (χ0v) is 13.7. The molecule has 1 aromatic rings. The first kappa shape index (κ1) is 17.3. The fourth-order valence-electron chi connectivity index (χ4n) is 2.19. The Morgan fingerprint density at radius 1 is 1.10 bits per heavy atom. The number of amides is 1. The van der Waals surface area contributed by atoms with E-state index in [1.54, 1.807) is 32.4 Å². The molecule has 0 saturated carbocycles. The van der Waals surface area contributed by atoms with E-state index in [0.717, 1.165) is 12.8 Å². The highest BCUT2D eigenvalue weighted by atomic mass is 16.5. The minimum absolute atomic E-state index is 0.0759. The van der Waals surface area contributed by atoms with Crippen molar-refractivity contribution in [3.63, 3.8) is 0 Å². The van der Waals surface area contributed by atoms with Crippen LogP contribution in [0.25, 0.3) is 0 Å². The van der Waals surface area contributed by atoms with Crippen molar-refractivity contribution in [2.45, 2.75) is 46.1 Å². The number of methoxy groups -OCH3 is 2. The molecule has 0 spiro atoms. The van der Waals surface area contributed by atoms with Crippen LogP contribution in [0, 0.1) is 5.92 Å². The standard InChI is InChI=1S/C17H27NO3/c1-12(2)7-6-8-13(3)18-17(19)14-9-10-15(20-4)16(11-14)21-5/h9-13H,6-8H2,1-5H3,(H,18,19)/t13-/m0/s1. The van der Waals surface area contributed by atoms with Gasteiger partial charge >= 0.3 is 0 Å². The predicted molar refractivity (Wildman–Crippen MR) is 85.2 cm³/mol. The van der Waals surface area contributed by atoms with Crippen molar-refractivity contribution in [3.8, 4) is 11.5 Å². The van der Waals surface area contributed by atoms with Gasteiger partial charge in [0, 0.05) is 11.6 Å². The largest absolute Gasteiger partial charge is 0.493 e. The highest BCUT2D eigenvalue weighted by molar-refractivity contribution is 5.95. The first-order valence-electron chi connectivity index (χ1n) is 7.50. The zero-order chi connectivity index (χ0) is 15.8. The Labute approximate surface area is 127 Å². The summed E-state index contributed by atoms with van der Waals surface area (Å²) in [4.78, 5) is 12.2. The monoisotopic (exact) mass is 293 g/mol. The van der Waals surface area contributed by atoms with Crippen LogP contribution < -0.4 is 14.8 Å². The molecule has 0 aromatic heterocycles. The molecule has 4 nitrogen and oxygen atoms in total. The van der Waals surface area contributed by atoms with Crippen LogP contribution in [0.2, 0.25) is 0 Å². The third kappa shape index (κ3) is 5.66. The van der Waals surface area contributed by atoms with Gasteiger partial charge in [-0.05, 0) is 37.5 Å². The molecule has 1 atom stereocenters. The van der Waals surface area contributed by atoms with E-state index in [4.69, 9.17) is 9.47 Å². The molecule has 1 aromatic carbocycles. The molecule has 4 heteroatoms. The fraction of sp³-hybridized carbons (Fsp3) is 0.588. The Morgan fingerprint density at radius 2 is 1.76 bits per heavy atom. The number of nitrogens with one attached hydrogen (secondary N) is 1. The van der Waals surface area contributed by atoms with Gasteiger partial charge in [0.1, 0.15) is 0 Å². The van der Waals surface area contributed by atoms with E-state index < -0.39 is 0 Å². The van der Waals surface area contributed by atoms with Gasteiger partial charge in [-0.15, -0.1) is 0 Å². The van der Waals surface area contributed by atoms with E-state index in [1.165, 1.54) is 6.42 Å². The van der Waals surface area contributed by atoms with Crippen molar-refractivity contribution >= 4 is 5.91 Å². The molecular weight excluding hydrogens is 266 g/mol. The van der Waals surface area contributed by atoms with Gasteiger partial charge < -0.3 is 14.8 Å². The van der Waals surface area contributed by atoms with Crippen molar-refractivity contribution in [3.05, 3.63) is 23.8 Å². The minimum Gasteiger partial charge on any atom is -0.493 e. The molecule has 0 heterocycles. The molecule has 0 saturated heterocycles. The first-order chi connectivity index (χ1) is 9.97. The molecule has 0 radical (unpaired) electrons. The van der Waals surface area contributed by atoms with Crippen LogP contribution in [-0.4, -0.2) is 26.2 Å². The van der Waals surface area contributed by atoms with Crippen LogP contribution in [0.3, 0.4) is 0 Å². The molecule has 0 fully saturated rings. The van der Waals surface area contributed by atoms with Crippen molar-refractivity contribution in [2.24, 2.45) is 5.92 Å². The number of rotatable bonds is 8. The molecule has 0 unspecified atom stereocenters. The number of ether oxygens (including phenoxy) is 2. The summed E-state index contributed by atoms with van der Waals surface area (Å²) in [5, 5.41) is 3.02. The average Bonchev–Trinajstić information content (AvgIpc) is 2.45. The third-order valence-electron chi connectivity index (χ3n) is 3.44. The van der Waals surface area contributed by atoms with E-state index in [1.807, 2.05) is 6.92 Å². The molecule has 118 valence electrons. The minimum atomic E-state index is -0.0759. The maximum atomic E-state index is 12.2. The lowest BCUT2D eigenvalue weighted by molar-refractivity contribution is 0.0937. The fourth-order valence-corrected chi connectivity index (χ4v) is 2.19. The quantitative estimate of drug-likeness (QED) is 0.796. The molecule has 1 amide bonds. The number of hydrogen-bond donors (Lipinski definition) is 1. The zero-order valence-electron chi connectivity index (χ0n) is 13.7. The van der Waals surface area contributed by atoms with Crippen LogP contribution >= 0.6 is 0 Å². The smallest absolute Gasteiger partial charge is 0.251 e. The maximum Gasteiger partial charge on any atom is 0.251 e. The Kier molecular flexibility index (Phi) is 7.06. The van der Waals surface area contributed by atoms with Crippen LogP contribution in [-0.2, 0) is 0 Å². The van der Waals surface area contributed by atoms with Gasteiger partial charge in [0.2, 0.25) is 0 Å². The third-order valence-corrected chi connectivity index (χ3v) is 3.44. The van der Waals surface area contributed by atoms with Crippen molar-refractivity contribution < 1.29 is 14.3 Å². The van der Waals surface area contributed by atoms with Crippen molar-refractivity contribution in [2.75, 3.05) is 14.2 Å². The van der Waals surface area contributed by atoms with E-state index in [9.17, 15) is 4.79 Å². The molecule has 21 heavy (non-hydrogen) atoms. The summed E-state index contributed by atoms with van der Waals surface area (Å²) >= 11 is 0. The molecule has 1 rings (SSSR count). The van der Waals surface area contributed by atoms with E-state index in [-0.39, 0.29) is 11.9 Å². The summed E-state index contributed by atoms with van der Waals surface area (Å²) in [6, 6.07) is 5.37. The highest BCUT2D eigenvalue weighted by Gasteiger charge is 2.13. The SMILES string of the molecule is COc1ccc(C(=O)N[C@@H](C)CCCC(C)C)cc1OC. The van der Waals surface area contributed by atoms with Gasteiger partial charge in [0.15, 0.2) is 11.5 Å². The second kappa shape index (κ2) is 8.55. The average molecular weight is 293 g/mol. The predicted octanol–water partition coefficient (Wildman–Crippen LogP) is 3.65. The normalized spacial score (nSPS) is 12.1. The topological polar surface area (TPSA) is 47.6 Å². The summed E-state index contributed by atoms with van der Waals surface area (Å²) in [5.74, 6) is 1.82. The molecule has 1 N–H and O–H groups in total. The Morgan fingerprint density at radius 3 is 2.33 bits per heavy atom. The lowest BCUT2D eigenvalue weighted by atomic mass is 10.0. The van der Waals surface area contributed by atoms with Gasteiger partial charge in [-0.25, -0.2) is 0 Å². The van der Waals surface area contributed by atoms with Crippen molar-refractivity contribution in [1.82, 2.24) is 5.32 Å². The summed E-state index contributed by atoms with van der Waals surface area (Å²) in [5.41, 5.74) is 0.586. The lowest BCUT2D eigenvalue weighted by Crippen LogP contribution is -2.32. The second-order valence-corrected chi connectivity index (χ2v) is 5.77. The Bertz CT molecular complexity index is 457. The summed E-state index contributed by atoms with van der Waals surface area (Å²) in [7, 11) is 3.14. The summed E-state index contributed by atoms with van der Waals surface area (Å²) in [6.45, 7) is 6.47. The molecule has 0 aliphatic carbocycles. The van der Waals surface area contributed by atoms with Gasteiger partial charge in [0.25, 0.3) is 5.91 Å². The van der Waals surface area contributed by atoms with Crippen LogP contribution in [0.1, 0.15) is 50.4 Å². The Balaban J connectivity index is 2.58. The maximum absolute atomic E-state index is 12.2. The van der Waals surface area contributed by atoms with Gasteiger partial charge in [-0.3, -0.25) is 4.79 Å². The summed E-state index contributed by atoms with van der Waals surface area (Å²) < 4.78 is 10.4. The number of benzene rings is 1. The second-order valence-electron chi connectivity index (χ2n) is 5.77. The summed E-state index contributed by atoms with van der Waals surface area (Å²) in [6.07, 6.45) is 3.32. The first-order valence-corrected chi connectivity index (χ1v) is 7.50. The molecule has 0 bridgehead atoms. The number of carbonyl (C=O) groups excluding carboxylic acids is 1. The highest BCUT2D eigenvalue weighted by Crippen LogP contribution is 2.27. The van der Waals surface area contributed by atoms with Crippen LogP contribution in [0.5, 0.6) is 11.5 Å². The van der Waals surface area contributed by atoms with E-state index >= 15 is 0 Å². The van der Waals surface area contributed by atoms with Gasteiger partial charge in [-0.1, -0.05) is 26.7 Å². The van der Waals surface area contributed by atoms with Crippen molar-refractivity contribution in [1.29, 1.82) is 0 Å². The molecular formula is C17H27NO3. The van der Waals surface area contributed by atoms with Gasteiger partial charge in [0.05, 0.1) is 14.2 Å². The van der Waals surface area contributed by atoms with Gasteiger partial charge in [-0.2, -0.15) is 0 Å². The van der Waals surface area contributed by atoms with Crippen LogP contribution in [0.4, 0.5) is 0 Å². The lowest BCUT2D eigenvalue weighted by Gasteiger charge is -2.15. The van der Waals surface area contributed by atoms with E-state index in [2.05, 4.69) is 19.2 Å². The van der Waals surface area contributed by atoms with E-state index in [0.29, 0.717) is 23.0 Å². The number of carbonyl (C=O) groups is 1. The molecule has 0 aliphatic rings. The molecule has 0 aliphatic heterocycles. The Hall–Kier alpha value is -1.71. The number of hydrogen-bond acceptors (Lipinski definition) is 3.